The molecule has 0 bridgehead atoms. The summed E-state index contributed by atoms with van der Waals surface area (Å²) >= 11 is 1.44. The minimum absolute atomic E-state index is 0.0893. The molecule has 0 radical (unpaired) electrons. The molecule has 0 saturated carbocycles. The van der Waals surface area contributed by atoms with E-state index in [1.807, 2.05) is 78.5 Å². The van der Waals surface area contributed by atoms with Gasteiger partial charge in [-0.15, -0.1) is 0 Å². The van der Waals surface area contributed by atoms with Crippen LogP contribution in [-0.2, 0) is 4.79 Å². The molecule has 0 aliphatic rings. The SMILES string of the molecule is CCOc1ccc2nc(NC(=O)C[C@H](c3ccc(OC)cc3)n3cccc3)sc2c1. The minimum Gasteiger partial charge on any atom is -0.497 e. The van der Waals surface area contributed by atoms with Crippen molar-refractivity contribution in [3.05, 3.63) is 72.6 Å². The number of benzene rings is 2. The lowest BCUT2D eigenvalue weighted by molar-refractivity contribution is -0.116. The zero-order valence-electron chi connectivity index (χ0n) is 16.9. The fourth-order valence-corrected chi connectivity index (χ4v) is 4.25. The van der Waals surface area contributed by atoms with Crippen molar-refractivity contribution in [1.29, 1.82) is 0 Å². The smallest absolute Gasteiger partial charge is 0.228 e. The van der Waals surface area contributed by atoms with Crippen LogP contribution in [0.1, 0.15) is 24.9 Å². The molecule has 1 amide bonds. The quantitative estimate of drug-likeness (QED) is 0.429. The highest BCUT2D eigenvalue weighted by Crippen LogP contribution is 2.30. The molecule has 2 aromatic heterocycles. The molecule has 4 aromatic rings. The van der Waals surface area contributed by atoms with Gasteiger partial charge in [-0.1, -0.05) is 23.5 Å². The van der Waals surface area contributed by atoms with Gasteiger partial charge in [0.1, 0.15) is 11.5 Å². The van der Waals surface area contributed by atoms with E-state index in [9.17, 15) is 4.79 Å². The summed E-state index contributed by atoms with van der Waals surface area (Å²) in [5, 5.41) is 3.54. The van der Waals surface area contributed by atoms with Gasteiger partial charge in [0.15, 0.2) is 5.13 Å². The van der Waals surface area contributed by atoms with Crippen molar-refractivity contribution >= 4 is 32.6 Å². The number of hydrogen-bond acceptors (Lipinski definition) is 5. The predicted molar refractivity (Wildman–Crippen MR) is 120 cm³/mol. The molecule has 0 aliphatic heterocycles. The van der Waals surface area contributed by atoms with E-state index in [1.54, 1.807) is 7.11 Å². The van der Waals surface area contributed by atoms with E-state index < -0.39 is 0 Å². The summed E-state index contributed by atoms with van der Waals surface area (Å²) in [6.07, 6.45) is 4.23. The van der Waals surface area contributed by atoms with Crippen molar-refractivity contribution in [3.63, 3.8) is 0 Å². The van der Waals surface area contributed by atoms with Crippen LogP contribution in [0.4, 0.5) is 5.13 Å². The number of thiazole rings is 1. The van der Waals surface area contributed by atoms with Gasteiger partial charge < -0.3 is 19.4 Å². The number of hydrogen-bond donors (Lipinski definition) is 1. The lowest BCUT2D eigenvalue weighted by atomic mass is 10.0. The van der Waals surface area contributed by atoms with Gasteiger partial charge in [-0.25, -0.2) is 4.98 Å². The summed E-state index contributed by atoms with van der Waals surface area (Å²) in [5.74, 6) is 1.50. The first kappa shape index (κ1) is 20.0. The lowest BCUT2D eigenvalue weighted by Crippen LogP contribution is -2.19. The number of nitrogens with one attached hydrogen (secondary N) is 1. The van der Waals surface area contributed by atoms with Gasteiger partial charge in [-0.05, 0) is 55.0 Å². The average Bonchev–Trinajstić information content (AvgIpc) is 3.42. The third-order valence-electron chi connectivity index (χ3n) is 4.78. The molecular formula is C23H23N3O3S. The fourth-order valence-electron chi connectivity index (χ4n) is 3.34. The molecular weight excluding hydrogens is 398 g/mol. The van der Waals surface area contributed by atoms with Gasteiger partial charge in [-0.2, -0.15) is 0 Å². The molecule has 6 nitrogen and oxygen atoms in total. The van der Waals surface area contributed by atoms with Crippen molar-refractivity contribution in [3.8, 4) is 11.5 Å². The van der Waals surface area contributed by atoms with Crippen LogP contribution in [0.3, 0.4) is 0 Å². The predicted octanol–water partition coefficient (Wildman–Crippen LogP) is 5.12. The summed E-state index contributed by atoms with van der Waals surface area (Å²) in [6.45, 7) is 2.56. The first-order valence-corrected chi connectivity index (χ1v) is 10.6. The lowest BCUT2D eigenvalue weighted by Gasteiger charge is -2.19. The highest BCUT2D eigenvalue weighted by atomic mass is 32.1. The van der Waals surface area contributed by atoms with E-state index in [-0.39, 0.29) is 11.9 Å². The number of aromatic nitrogens is 2. The van der Waals surface area contributed by atoms with Crippen LogP contribution < -0.4 is 14.8 Å². The molecule has 0 saturated heterocycles. The summed E-state index contributed by atoms with van der Waals surface area (Å²) in [7, 11) is 1.64. The Bertz CT molecular complexity index is 1120. The molecule has 7 heteroatoms. The van der Waals surface area contributed by atoms with E-state index in [2.05, 4.69) is 10.3 Å². The van der Waals surface area contributed by atoms with Crippen molar-refractivity contribution in [2.75, 3.05) is 19.0 Å². The third-order valence-corrected chi connectivity index (χ3v) is 5.72. The Morgan fingerprint density at radius 3 is 2.57 bits per heavy atom. The first-order chi connectivity index (χ1) is 14.7. The maximum atomic E-state index is 12.9. The van der Waals surface area contributed by atoms with Crippen molar-refractivity contribution < 1.29 is 14.3 Å². The molecule has 1 N–H and O–H groups in total. The van der Waals surface area contributed by atoms with E-state index in [0.29, 0.717) is 18.2 Å². The number of rotatable bonds is 8. The number of methoxy groups -OCH3 is 1. The number of carbonyl (C=O) groups excluding carboxylic acids is 1. The third kappa shape index (κ3) is 4.46. The molecule has 154 valence electrons. The largest absolute Gasteiger partial charge is 0.497 e. The van der Waals surface area contributed by atoms with Crippen LogP contribution in [0.15, 0.2) is 67.0 Å². The highest BCUT2D eigenvalue weighted by Gasteiger charge is 2.19. The average molecular weight is 422 g/mol. The Morgan fingerprint density at radius 1 is 1.13 bits per heavy atom. The topological polar surface area (TPSA) is 65.4 Å². The van der Waals surface area contributed by atoms with Gasteiger partial charge in [0.2, 0.25) is 5.91 Å². The molecule has 1 atom stereocenters. The zero-order valence-corrected chi connectivity index (χ0v) is 17.7. The maximum absolute atomic E-state index is 12.9. The molecule has 30 heavy (non-hydrogen) atoms. The van der Waals surface area contributed by atoms with Gasteiger partial charge in [-0.3, -0.25) is 4.79 Å². The van der Waals surface area contributed by atoms with E-state index >= 15 is 0 Å². The van der Waals surface area contributed by atoms with Crippen molar-refractivity contribution in [2.45, 2.75) is 19.4 Å². The number of ether oxygens (including phenoxy) is 2. The molecule has 0 spiro atoms. The summed E-state index contributed by atoms with van der Waals surface area (Å²) in [5.41, 5.74) is 1.88. The van der Waals surface area contributed by atoms with Gasteiger partial charge in [0, 0.05) is 12.4 Å². The van der Waals surface area contributed by atoms with Gasteiger partial charge in [0.05, 0.1) is 36.4 Å². The summed E-state index contributed by atoms with van der Waals surface area (Å²) < 4.78 is 13.8. The minimum atomic E-state index is -0.121. The van der Waals surface area contributed by atoms with E-state index in [0.717, 1.165) is 27.3 Å². The number of carbonyl (C=O) groups is 1. The number of anilines is 1. The van der Waals surface area contributed by atoms with Crippen molar-refractivity contribution in [1.82, 2.24) is 9.55 Å². The highest BCUT2D eigenvalue weighted by molar-refractivity contribution is 7.22. The Labute approximate surface area is 179 Å². The number of fused-ring (bicyclic) bond motifs is 1. The van der Waals surface area contributed by atoms with Crippen LogP contribution in [0, 0.1) is 0 Å². The molecule has 4 rings (SSSR count). The van der Waals surface area contributed by atoms with Crippen LogP contribution in [-0.4, -0.2) is 29.2 Å². The normalized spacial score (nSPS) is 11.9. The van der Waals surface area contributed by atoms with E-state index in [1.165, 1.54) is 11.3 Å². The Hall–Kier alpha value is -3.32. The fraction of sp³-hybridized carbons (Fsp3) is 0.217. The second-order valence-corrected chi connectivity index (χ2v) is 7.78. The zero-order chi connectivity index (χ0) is 20.9. The summed E-state index contributed by atoms with van der Waals surface area (Å²) in [6, 6.07) is 17.3. The van der Waals surface area contributed by atoms with Gasteiger partial charge >= 0.3 is 0 Å². The van der Waals surface area contributed by atoms with E-state index in [4.69, 9.17) is 9.47 Å². The molecule has 0 fully saturated rings. The molecule has 2 aromatic carbocycles. The second-order valence-electron chi connectivity index (χ2n) is 6.75. The Kier molecular flexibility index (Phi) is 5.99. The van der Waals surface area contributed by atoms with Crippen LogP contribution in [0.25, 0.3) is 10.2 Å². The Morgan fingerprint density at radius 2 is 1.87 bits per heavy atom. The maximum Gasteiger partial charge on any atom is 0.228 e. The number of nitrogens with zero attached hydrogens (tertiary/aromatic N) is 2. The first-order valence-electron chi connectivity index (χ1n) is 9.76. The molecule has 2 heterocycles. The number of amides is 1. The van der Waals surface area contributed by atoms with Crippen LogP contribution in [0.5, 0.6) is 11.5 Å². The standard InChI is InChI=1S/C23H23N3O3S/c1-3-29-18-10-11-19-21(14-18)30-23(24-19)25-22(27)15-20(26-12-4-5-13-26)16-6-8-17(28-2)9-7-16/h4-14,20H,3,15H2,1-2H3,(H,24,25,27)/t20-/m1/s1. The summed E-state index contributed by atoms with van der Waals surface area (Å²) in [4.78, 5) is 17.4. The van der Waals surface area contributed by atoms with Crippen molar-refractivity contribution in [2.24, 2.45) is 0 Å². The molecule has 0 aliphatic carbocycles. The van der Waals surface area contributed by atoms with Crippen LogP contribution in [0.2, 0.25) is 0 Å². The van der Waals surface area contributed by atoms with Gasteiger partial charge in [0.25, 0.3) is 0 Å². The Balaban J connectivity index is 1.51. The second kappa shape index (κ2) is 9.00. The monoisotopic (exact) mass is 421 g/mol. The molecule has 0 unspecified atom stereocenters. The van der Waals surface area contributed by atoms with Crippen LogP contribution >= 0.6 is 11.3 Å².